The van der Waals surface area contributed by atoms with Gasteiger partial charge in [0.05, 0.1) is 30.9 Å². The van der Waals surface area contributed by atoms with Crippen molar-refractivity contribution in [2.24, 2.45) is 0 Å². The maximum atomic E-state index is 5.98. The molecule has 1 aromatic heterocycles. The number of methoxy groups -OCH3 is 2. The lowest BCUT2D eigenvalue weighted by Gasteiger charge is -2.18. The number of nitrogen functional groups attached to an aromatic ring is 1. The second kappa shape index (κ2) is 5.52. The number of halogens is 1. The van der Waals surface area contributed by atoms with Crippen LogP contribution in [0.2, 0.25) is 0 Å². The Morgan fingerprint density at radius 1 is 1.32 bits per heavy atom. The molecule has 0 spiro atoms. The molecule has 2 N–H and O–H groups in total. The predicted octanol–water partition coefficient (Wildman–Crippen LogP) is 2.85. The van der Waals surface area contributed by atoms with Crippen LogP contribution in [0.5, 0.6) is 11.5 Å². The summed E-state index contributed by atoms with van der Waals surface area (Å²) >= 11 is 3.36. The van der Waals surface area contributed by atoms with E-state index in [4.69, 9.17) is 15.2 Å². The third-order valence-corrected chi connectivity index (χ3v) is 3.66. The second-order valence-corrected chi connectivity index (χ2v) is 4.96. The quantitative estimate of drug-likeness (QED) is 0.938. The van der Waals surface area contributed by atoms with Gasteiger partial charge >= 0.3 is 0 Å². The van der Waals surface area contributed by atoms with Crippen molar-refractivity contribution in [2.45, 2.75) is 13.0 Å². The van der Waals surface area contributed by atoms with E-state index in [1.54, 1.807) is 25.1 Å². The van der Waals surface area contributed by atoms with Crippen LogP contribution in [0.3, 0.4) is 0 Å². The highest BCUT2D eigenvalue weighted by Crippen LogP contribution is 2.33. The summed E-state index contributed by atoms with van der Waals surface area (Å²) in [4.78, 5) is 0. The first-order valence-corrected chi connectivity index (χ1v) is 6.58. The average Bonchev–Trinajstić information content (AvgIpc) is 2.77. The molecule has 0 aliphatic heterocycles. The Balaban J connectivity index is 2.43. The first-order valence-electron chi connectivity index (χ1n) is 5.79. The van der Waals surface area contributed by atoms with E-state index in [9.17, 15) is 0 Å². The van der Waals surface area contributed by atoms with E-state index in [1.807, 2.05) is 25.1 Å². The minimum Gasteiger partial charge on any atom is -0.497 e. The summed E-state index contributed by atoms with van der Waals surface area (Å²) in [7, 11) is 3.26. The smallest absolute Gasteiger partial charge is 0.136 e. The highest BCUT2D eigenvalue weighted by Gasteiger charge is 2.17. The average molecular weight is 326 g/mol. The molecule has 2 aromatic rings. The van der Waals surface area contributed by atoms with Crippen LogP contribution in [-0.2, 0) is 0 Å². The number of benzene rings is 1. The zero-order valence-corrected chi connectivity index (χ0v) is 12.6. The number of nitrogens with two attached hydrogens (primary N) is 1. The first-order chi connectivity index (χ1) is 9.08. The number of ether oxygens (including phenoxy) is 2. The Morgan fingerprint density at radius 3 is 2.58 bits per heavy atom. The molecule has 1 atom stereocenters. The Kier molecular flexibility index (Phi) is 3.99. The Morgan fingerprint density at radius 2 is 2.05 bits per heavy atom. The molecule has 1 aromatic carbocycles. The summed E-state index contributed by atoms with van der Waals surface area (Å²) in [5, 5.41) is 4.27. The van der Waals surface area contributed by atoms with Gasteiger partial charge in [0.1, 0.15) is 17.3 Å². The Hall–Kier alpha value is -1.69. The third-order valence-electron chi connectivity index (χ3n) is 3.04. The number of aromatic nitrogens is 2. The Labute approximate surface area is 120 Å². The number of hydrogen-bond acceptors (Lipinski definition) is 4. The van der Waals surface area contributed by atoms with Crippen LogP contribution in [0.15, 0.2) is 28.9 Å². The highest BCUT2D eigenvalue weighted by molar-refractivity contribution is 9.10. The van der Waals surface area contributed by atoms with Crippen LogP contribution >= 0.6 is 15.9 Å². The molecule has 1 heterocycles. The molecular formula is C13H16BrN3O2. The van der Waals surface area contributed by atoms with Gasteiger partial charge in [-0.1, -0.05) is 0 Å². The summed E-state index contributed by atoms with van der Waals surface area (Å²) in [6.07, 6.45) is 1.68. The maximum Gasteiger partial charge on any atom is 0.136 e. The van der Waals surface area contributed by atoms with Gasteiger partial charge in [0, 0.05) is 11.6 Å². The number of rotatable bonds is 4. The van der Waals surface area contributed by atoms with E-state index >= 15 is 0 Å². The second-order valence-electron chi connectivity index (χ2n) is 4.11. The monoisotopic (exact) mass is 325 g/mol. The van der Waals surface area contributed by atoms with Crippen molar-refractivity contribution in [1.29, 1.82) is 0 Å². The molecule has 6 heteroatoms. The van der Waals surface area contributed by atoms with Crippen LogP contribution in [0, 0.1) is 0 Å². The van der Waals surface area contributed by atoms with Gasteiger partial charge in [-0.2, -0.15) is 5.10 Å². The van der Waals surface area contributed by atoms with E-state index < -0.39 is 0 Å². The summed E-state index contributed by atoms with van der Waals surface area (Å²) in [6.45, 7) is 2.01. The molecule has 0 saturated carbocycles. The van der Waals surface area contributed by atoms with Crippen LogP contribution in [0.1, 0.15) is 18.5 Å². The minimum atomic E-state index is -0.0350. The fourth-order valence-electron chi connectivity index (χ4n) is 1.95. The topological polar surface area (TPSA) is 62.3 Å². The maximum absolute atomic E-state index is 5.98. The predicted molar refractivity (Wildman–Crippen MR) is 77.7 cm³/mol. The SMILES string of the molecule is COc1ccc(C(C)n2ncc(Br)c2N)c(OC)c1. The van der Waals surface area contributed by atoms with Crippen LogP contribution in [-0.4, -0.2) is 24.0 Å². The zero-order valence-electron chi connectivity index (χ0n) is 11.1. The summed E-state index contributed by atoms with van der Waals surface area (Å²) in [5.41, 5.74) is 6.97. The minimum absolute atomic E-state index is 0.0350. The molecule has 0 aliphatic rings. The van der Waals surface area contributed by atoms with Crippen LogP contribution < -0.4 is 15.2 Å². The van der Waals surface area contributed by atoms with Crippen molar-refractivity contribution < 1.29 is 9.47 Å². The van der Waals surface area contributed by atoms with Gasteiger partial charge in [-0.25, -0.2) is 4.68 Å². The van der Waals surface area contributed by atoms with Gasteiger partial charge in [-0.15, -0.1) is 0 Å². The van der Waals surface area contributed by atoms with Crippen molar-refractivity contribution in [3.63, 3.8) is 0 Å². The molecule has 102 valence electrons. The van der Waals surface area contributed by atoms with Crippen LogP contribution in [0.25, 0.3) is 0 Å². The Bertz CT molecular complexity index is 583. The van der Waals surface area contributed by atoms with Gasteiger partial charge in [0.25, 0.3) is 0 Å². The third kappa shape index (κ3) is 2.53. The lowest BCUT2D eigenvalue weighted by Crippen LogP contribution is -2.12. The largest absolute Gasteiger partial charge is 0.497 e. The van der Waals surface area contributed by atoms with Crippen molar-refractivity contribution in [3.05, 3.63) is 34.4 Å². The zero-order chi connectivity index (χ0) is 14.0. The molecule has 0 saturated heterocycles. The standard InChI is InChI=1S/C13H16BrN3O2/c1-8(17-13(15)11(14)7-16-17)10-5-4-9(18-2)6-12(10)19-3/h4-8H,15H2,1-3H3. The van der Waals surface area contributed by atoms with E-state index in [-0.39, 0.29) is 6.04 Å². The van der Waals surface area contributed by atoms with Gasteiger partial charge < -0.3 is 15.2 Å². The number of nitrogens with zero attached hydrogens (tertiary/aromatic N) is 2. The summed E-state index contributed by atoms with van der Waals surface area (Å²) in [5.74, 6) is 2.09. The highest BCUT2D eigenvalue weighted by atomic mass is 79.9. The molecule has 0 aliphatic carbocycles. The van der Waals surface area contributed by atoms with Gasteiger partial charge in [-0.05, 0) is 35.0 Å². The molecule has 0 fully saturated rings. The molecular weight excluding hydrogens is 310 g/mol. The van der Waals surface area contributed by atoms with Crippen LogP contribution in [0.4, 0.5) is 5.82 Å². The van der Waals surface area contributed by atoms with E-state index in [1.165, 1.54) is 0 Å². The lowest BCUT2D eigenvalue weighted by atomic mass is 10.1. The molecule has 1 unspecified atom stereocenters. The normalized spacial score (nSPS) is 12.2. The first kappa shape index (κ1) is 13.7. The number of anilines is 1. The van der Waals surface area contributed by atoms with Gasteiger partial charge in [0.2, 0.25) is 0 Å². The molecule has 0 amide bonds. The fourth-order valence-corrected chi connectivity index (χ4v) is 2.23. The summed E-state index contributed by atoms with van der Waals surface area (Å²) < 4.78 is 13.1. The summed E-state index contributed by atoms with van der Waals surface area (Å²) in [6, 6.07) is 5.66. The van der Waals surface area contributed by atoms with Crippen molar-refractivity contribution in [3.8, 4) is 11.5 Å². The van der Waals surface area contributed by atoms with Crippen molar-refractivity contribution >= 4 is 21.7 Å². The molecule has 19 heavy (non-hydrogen) atoms. The van der Waals surface area contributed by atoms with Gasteiger partial charge in [0.15, 0.2) is 0 Å². The van der Waals surface area contributed by atoms with Gasteiger partial charge in [-0.3, -0.25) is 0 Å². The van der Waals surface area contributed by atoms with Crippen molar-refractivity contribution in [1.82, 2.24) is 9.78 Å². The molecule has 5 nitrogen and oxygen atoms in total. The lowest BCUT2D eigenvalue weighted by molar-refractivity contribution is 0.385. The molecule has 0 radical (unpaired) electrons. The van der Waals surface area contributed by atoms with E-state index in [2.05, 4.69) is 21.0 Å². The number of hydrogen-bond donors (Lipinski definition) is 1. The fraction of sp³-hybridized carbons (Fsp3) is 0.308. The molecule has 2 rings (SSSR count). The molecule has 0 bridgehead atoms. The van der Waals surface area contributed by atoms with Crippen molar-refractivity contribution in [2.75, 3.05) is 20.0 Å². The van der Waals surface area contributed by atoms with E-state index in [0.29, 0.717) is 5.82 Å². The van der Waals surface area contributed by atoms with E-state index in [0.717, 1.165) is 21.5 Å².